The summed E-state index contributed by atoms with van der Waals surface area (Å²) in [6, 6.07) is 0. The molecule has 0 fully saturated rings. The van der Waals surface area contributed by atoms with Gasteiger partial charge in [0.25, 0.3) is 0 Å². The molecule has 0 aromatic carbocycles. The number of hydrogen-bond donors (Lipinski definition) is 1. The third-order valence-electron chi connectivity index (χ3n) is 2.10. The molecule has 0 aromatic heterocycles. The van der Waals surface area contributed by atoms with Crippen LogP contribution in [0.3, 0.4) is 0 Å². The average Bonchev–Trinajstić information content (AvgIpc) is 2.14. The normalized spacial score (nSPS) is 14.2. The fraction of sp³-hybridized carbons (Fsp3) is 1.00. The first-order valence-corrected chi connectivity index (χ1v) is 5.31. The number of alkyl halides is 3. The van der Waals surface area contributed by atoms with Gasteiger partial charge in [-0.05, 0) is 25.4 Å². The minimum atomic E-state index is -4.20. The zero-order chi connectivity index (χ0) is 11.7. The Bertz CT molecular complexity index is 150. The Morgan fingerprint density at radius 1 is 1.33 bits per heavy atom. The van der Waals surface area contributed by atoms with E-state index in [-0.39, 0.29) is 6.61 Å². The van der Waals surface area contributed by atoms with Crippen molar-refractivity contribution in [1.82, 2.24) is 5.32 Å². The van der Waals surface area contributed by atoms with Gasteiger partial charge in [0.2, 0.25) is 0 Å². The van der Waals surface area contributed by atoms with Gasteiger partial charge < -0.3 is 10.1 Å². The van der Waals surface area contributed by atoms with Crippen LogP contribution in [0.1, 0.15) is 26.7 Å². The summed E-state index contributed by atoms with van der Waals surface area (Å²) >= 11 is 0. The molecule has 2 nitrogen and oxygen atoms in total. The number of nitrogens with one attached hydrogen (secondary N) is 1. The van der Waals surface area contributed by atoms with Gasteiger partial charge in [-0.15, -0.1) is 0 Å². The zero-order valence-corrected chi connectivity index (χ0v) is 9.36. The lowest BCUT2D eigenvalue weighted by molar-refractivity contribution is -0.173. The molecule has 0 heterocycles. The summed E-state index contributed by atoms with van der Waals surface area (Å²) in [6.07, 6.45) is -2.48. The lowest BCUT2D eigenvalue weighted by atomic mass is 10.1. The number of ether oxygens (including phenoxy) is 1. The summed E-state index contributed by atoms with van der Waals surface area (Å²) in [5.74, 6) is 0.612. The largest absolute Gasteiger partial charge is 0.411 e. The summed E-state index contributed by atoms with van der Waals surface area (Å²) in [6.45, 7) is 4.88. The Hall–Kier alpha value is -0.290. The van der Waals surface area contributed by atoms with Crippen molar-refractivity contribution in [2.45, 2.75) is 32.9 Å². The van der Waals surface area contributed by atoms with Crippen LogP contribution >= 0.6 is 0 Å². The second kappa shape index (κ2) is 7.93. The lowest BCUT2D eigenvalue weighted by Gasteiger charge is -2.10. The molecule has 0 bridgehead atoms. The van der Waals surface area contributed by atoms with Gasteiger partial charge in [-0.1, -0.05) is 20.3 Å². The molecule has 0 amide bonds. The highest BCUT2D eigenvalue weighted by Crippen LogP contribution is 2.14. The quantitative estimate of drug-likeness (QED) is 0.643. The van der Waals surface area contributed by atoms with E-state index in [9.17, 15) is 13.2 Å². The number of halogens is 3. The minimum absolute atomic E-state index is 0.160. The van der Waals surface area contributed by atoms with Gasteiger partial charge in [-0.2, -0.15) is 13.2 Å². The Morgan fingerprint density at radius 2 is 2.00 bits per heavy atom. The van der Waals surface area contributed by atoms with Crippen molar-refractivity contribution in [1.29, 1.82) is 0 Å². The molecule has 0 aliphatic carbocycles. The highest BCUT2D eigenvalue weighted by Gasteiger charge is 2.27. The maximum Gasteiger partial charge on any atom is 0.411 e. The van der Waals surface area contributed by atoms with Crippen LogP contribution in [0.4, 0.5) is 13.2 Å². The van der Waals surface area contributed by atoms with Gasteiger partial charge in [-0.3, -0.25) is 0 Å². The van der Waals surface area contributed by atoms with Gasteiger partial charge in [0.05, 0.1) is 0 Å². The van der Waals surface area contributed by atoms with E-state index in [0.29, 0.717) is 18.9 Å². The molecule has 0 rings (SSSR count). The van der Waals surface area contributed by atoms with Crippen LogP contribution in [0.2, 0.25) is 0 Å². The van der Waals surface area contributed by atoms with Crippen LogP contribution in [0, 0.1) is 5.92 Å². The van der Waals surface area contributed by atoms with Gasteiger partial charge in [0.1, 0.15) is 6.61 Å². The molecular formula is C10H20F3NO. The molecule has 15 heavy (non-hydrogen) atoms. The summed E-state index contributed by atoms with van der Waals surface area (Å²) < 4.78 is 39.4. The standard InChI is InChI=1S/C10H20F3NO/c1-3-9(2)7-14-5-4-6-15-8-10(11,12)13/h9,14H,3-8H2,1-2H3. The van der Waals surface area contributed by atoms with Crippen molar-refractivity contribution in [3.05, 3.63) is 0 Å². The van der Waals surface area contributed by atoms with E-state index in [4.69, 9.17) is 0 Å². The van der Waals surface area contributed by atoms with Gasteiger partial charge >= 0.3 is 6.18 Å². The Labute approximate surface area is 89.2 Å². The molecule has 1 atom stereocenters. The van der Waals surface area contributed by atoms with Crippen LogP contribution in [0.15, 0.2) is 0 Å². The topological polar surface area (TPSA) is 21.3 Å². The van der Waals surface area contributed by atoms with Gasteiger partial charge in [0.15, 0.2) is 0 Å². The van der Waals surface area contributed by atoms with Crippen LogP contribution in [0.5, 0.6) is 0 Å². The van der Waals surface area contributed by atoms with Crippen molar-refractivity contribution < 1.29 is 17.9 Å². The monoisotopic (exact) mass is 227 g/mol. The van der Waals surface area contributed by atoms with E-state index in [1.54, 1.807) is 0 Å². The summed E-state index contributed by atoms with van der Waals surface area (Å²) in [4.78, 5) is 0. The molecule has 0 spiro atoms. The van der Waals surface area contributed by atoms with E-state index < -0.39 is 12.8 Å². The molecule has 0 aromatic rings. The molecule has 0 aliphatic rings. The Balaban J connectivity index is 3.12. The molecule has 0 saturated carbocycles. The smallest absolute Gasteiger partial charge is 0.372 e. The third-order valence-corrected chi connectivity index (χ3v) is 2.10. The first-order valence-electron chi connectivity index (χ1n) is 5.31. The molecule has 92 valence electrons. The van der Waals surface area contributed by atoms with Crippen LogP contribution < -0.4 is 5.32 Å². The highest BCUT2D eigenvalue weighted by molar-refractivity contribution is 4.54. The maximum atomic E-state index is 11.6. The Morgan fingerprint density at radius 3 is 2.53 bits per heavy atom. The third kappa shape index (κ3) is 11.6. The molecular weight excluding hydrogens is 207 g/mol. The first kappa shape index (κ1) is 14.7. The van der Waals surface area contributed by atoms with Gasteiger partial charge in [0, 0.05) is 6.61 Å². The Kier molecular flexibility index (Phi) is 7.78. The van der Waals surface area contributed by atoms with Crippen molar-refractivity contribution in [3.63, 3.8) is 0 Å². The molecule has 0 saturated heterocycles. The van der Waals surface area contributed by atoms with Crippen LogP contribution in [0.25, 0.3) is 0 Å². The number of rotatable bonds is 8. The predicted octanol–water partition coefficient (Wildman–Crippen LogP) is 2.59. The van der Waals surface area contributed by atoms with E-state index in [0.717, 1.165) is 13.0 Å². The second-order valence-corrected chi connectivity index (χ2v) is 3.74. The first-order chi connectivity index (χ1) is 6.95. The van der Waals surface area contributed by atoms with Crippen molar-refractivity contribution in [2.75, 3.05) is 26.3 Å². The van der Waals surface area contributed by atoms with E-state index in [2.05, 4.69) is 23.9 Å². The van der Waals surface area contributed by atoms with Crippen LogP contribution in [-0.4, -0.2) is 32.5 Å². The van der Waals surface area contributed by atoms with E-state index in [1.807, 2.05) is 0 Å². The van der Waals surface area contributed by atoms with Crippen LogP contribution in [-0.2, 0) is 4.74 Å². The predicted molar refractivity (Wildman–Crippen MR) is 53.8 cm³/mol. The number of hydrogen-bond acceptors (Lipinski definition) is 2. The van der Waals surface area contributed by atoms with Crippen molar-refractivity contribution >= 4 is 0 Å². The zero-order valence-electron chi connectivity index (χ0n) is 9.36. The molecule has 1 unspecified atom stereocenters. The average molecular weight is 227 g/mol. The SMILES string of the molecule is CCC(C)CNCCCOCC(F)(F)F. The van der Waals surface area contributed by atoms with E-state index in [1.165, 1.54) is 0 Å². The summed E-state index contributed by atoms with van der Waals surface area (Å²) in [5, 5.41) is 3.17. The van der Waals surface area contributed by atoms with Crippen molar-refractivity contribution in [3.8, 4) is 0 Å². The minimum Gasteiger partial charge on any atom is -0.372 e. The second-order valence-electron chi connectivity index (χ2n) is 3.74. The molecule has 1 N–H and O–H groups in total. The fourth-order valence-electron chi connectivity index (χ4n) is 0.980. The molecule has 5 heteroatoms. The fourth-order valence-corrected chi connectivity index (χ4v) is 0.980. The van der Waals surface area contributed by atoms with E-state index >= 15 is 0 Å². The summed E-state index contributed by atoms with van der Waals surface area (Å²) in [7, 11) is 0. The highest BCUT2D eigenvalue weighted by atomic mass is 19.4. The molecule has 0 radical (unpaired) electrons. The van der Waals surface area contributed by atoms with Crippen molar-refractivity contribution in [2.24, 2.45) is 5.92 Å². The lowest BCUT2D eigenvalue weighted by Crippen LogP contribution is -2.24. The maximum absolute atomic E-state index is 11.6. The van der Waals surface area contributed by atoms with Gasteiger partial charge in [-0.25, -0.2) is 0 Å². The summed E-state index contributed by atoms with van der Waals surface area (Å²) in [5.41, 5.74) is 0. The molecule has 0 aliphatic heterocycles.